The van der Waals surface area contributed by atoms with E-state index >= 15 is 0 Å². The van der Waals surface area contributed by atoms with Crippen molar-refractivity contribution >= 4 is 5.91 Å². The molecule has 1 aromatic carbocycles. The third-order valence-electron chi connectivity index (χ3n) is 3.07. The number of furan rings is 1. The summed E-state index contributed by atoms with van der Waals surface area (Å²) in [7, 11) is 1.64. The van der Waals surface area contributed by atoms with Crippen LogP contribution in [0.2, 0.25) is 0 Å². The molecule has 0 bridgehead atoms. The largest absolute Gasteiger partial charge is 0.496 e. The molecular weight excluding hydrogens is 254 g/mol. The fourth-order valence-electron chi connectivity index (χ4n) is 2.01. The van der Waals surface area contributed by atoms with E-state index in [2.05, 4.69) is 5.32 Å². The molecule has 106 valence electrons. The lowest BCUT2D eigenvalue weighted by atomic mass is 10.1. The van der Waals surface area contributed by atoms with E-state index in [1.54, 1.807) is 7.11 Å². The molecular formula is C16H19NO3. The smallest absolute Gasteiger partial charge is 0.220 e. The molecule has 1 heterocycles. The zero-order valence-electron chi connectivity index (χ0n) is 11.8. The molecule has 2 aromatic rings. The van der Waals surface area contributed by atoms with E-state index in [1.165, 1.54) is 0 Å². The Kier molecular flexibility index (Phi) is 4.82. The molecule has 2 rings (SSSR count). The zero-order valence-corrected chi connectivity index (χ0v) is 11.8. The van der Waals surface area contributed by atoms with Crippen LogP contribution in [0.3, 0.4) is 0 Å². The van der Waals surface area contributed by atoms with Crippen LogP contribution in [0.25, 0.3) is 0 Å². The molecule has 0 aliphatic heterocycles. The van der Waals surface area contributed by atoms with Gasteiger partial charge in [-0.2, -0.15) is 0 Å². The van der Waals surface area contributed by atoms with Crippen LogP contribution >= 0.6 is 0 Å². The summed E-state index contributed by atoms with van der Waals surface area (Å²) in [6.07, 6.45) is 1.09. The van der Waals surface area contributed by atoms with Crippen LogP contribution in [0.5, 0.6) is 5.75 Å². The van der Waals surface area contributed by atoms with Gasteiger partial charge in [-0.1, -0.05) is 18.2 Å². The van der Waals surface area contributed by atoms with Gasteiger partial charge in [-0.05, 0) is 37.1 Å². The SMILES string of the molecule is COc1ccccc1CCC(=O)NCc1ccc(C)o1. The monoisotopic (exact) mass is 273 g/mol. The lowest BCUT2D eigenvalue weighted by Gasteiger charge is -2.08. The predicted molar refractivity (Wildman–Crippen MR) is 76.6 cm³/mol. The molecule has 1 amide bonds. The van der Waals surface area contributed by atoms with Gasteiger partial charge < -0.3 is 14.5 Å². The lowest BCUT2D eigenvalue weighted by molar-refractivity contribution is -0.121. The highest BCUT2D eigenvalue weighted by Gasteiger charge is 2.07. The van der Waals surface area contributed by atoms with Crippen LogP contribution in [0, 0.1) is 6.92 Å². The van der Waals surface area contributed by atoms with E-state index < -0.39 is 0 Å². The van der Waals surface area contributed by atoms with E-state index in [-0.39, 0.29) is 5.91 Å². The van der Waals surface area contributed by atoms with Gasteiger partial charge in [-0.15, -0.1) is 0 Å². The fraction of sp³-hybridized carbons (Fsp3) is 0.312. The highest BCUT2D eigenvalue weighted by molar-refractivity contribution is 5.76. The van der Waals surface area contributed by atoms with Gasteiger partial charge in [0.1, 0.15) is 17.3 Å². The van der Waals surface area contributed by atoms with E-state index in [1.807, 2.05) is 43.3 Å². The Labute approximate surface area is 118 Å². The van der Waals surface area contributed by atoms with Gasteiger partial charge in [-0.25, -0.2) is 0 Å². The number of rotatable bonds is 6. The summed E-state index contributed by atoms with van der Waals surface area (Å²) in [6.45, 7) is 2.31. The summed E-state index contributed by atoms with van der Waals surface area (Å²) in [5.74, 6) is 2.45. The maximum absolute atomic E-state index is 11.8. The number of nitrogens with one attached hydrogen (secondary N) is 1. The number of carbonyl (C=O) groups is 1. The first-order valence-corrected chi connectivity index (χ1v) is 6.63. The summed E-state index contributed by atoms with van der Waals surface area (Å²) < 4.78 is 10.7. The van der Waals surface area contributed by atoms with Crippen LogP contribution in [0.15, 0.2) is 40.8 Å². The van der Waals surface area contributed by atoms with Crippen molar-refractivity contribution in [2.45, 2.75) is 26.3 Å². The van der Waals surface area contributed by atoms with Crippen molar-refractivity contribution in [1.82, 2.24) is 5.32 Å². The molecule has 0 atom stereocenters. The normalized spacial score (nSPS) is 10.3. The number of benzene rings is 1. The predicted octanol–water partition coefficient (Wildman–Crippen LogP) is 2.85. The topological polar surface area (TPSA) is 51.5 Å². The fourth-order valence-corrected chi connectivity index (χ4v) is 2.01. The molecule has 1 N–H and O–H groups in total. The quantitative estimate of drug-likeness (QED) is 0.880. The Balaban J connectivity index is 1.80. The second-order valence-electron chi connectivity index (χ2n) is 4.60. The van der Waals surface area contributed by atoms with Gasteiger partial charge in [0.25, 0.3) is 0 Å². The van der Waals surface area contributed by atoms with Crippen molar-refractivity contribution in [2.75, 3.05) is 7.11 Å². The summed E-state index contributed by atoms with van der Waals surface area (Å²) in [5.41, 5.74) is 1.04. The third-order valence-corrected chi connectivity index (χ3v) is 3.07. The highest BCUT2D eigenvalue weighted by atomic mass is 16.5. The number of hydrogen-bond donors (Lipinski definition) is 1. The number of carbonyl (C=O) groups excluding carboxylic acids is 1. The Bertz CT molecular complexity index is 575. The second kappa shape index (κ2) is 6.80. The van der Waals surface area contributed by atoms with Gasteiger partial charge in [-0.3, -0.25) is 4.79 Å². The van der Waals surface area contributed by atoms with E-state index in [0.717, 1.165) is 22.8 Å². The van der Waals surface area contributed by atoms with E-state index in [0.29, 0.717) is 19.4 Å². The van der Waals surface area contributed by atoms with Crippen LogP contribution < -0.4 is 10.1 Å². The number of hydrogen-bond acceptors (Lipinski definition) is 3. The number of methoxy groups -OCH3 is 1. The minimum Gasteiger partial charge on any atom is -0.496 e. The first-order valence-electron chi connectivity index (χ1n) is 6.63. The molecule has 0 radical (unpaired) electrons. The molecule has 0 unspecified atom stereocenters. The molecule has 4 nitrogen and oxygen atoms in total. The number of ether oxygens (including phenoxy) is 1. The summed E-state index contributed by atoms with van der Waals surface area (Å²) in [6, 6.07) is 11.5. The van der Waals surface area contributed by atoms with Gasteiger partial charge >= 0.3 is 0 Å². The lowest BCUT2D eigenvalue weighted by Crippen LogP contribution is -2.22. The van der Waals surface area contributed by atoms with Gasteiger partial charge in [0.15, 0.2) is 0 Å². The molecule has 0 saturated heterocycles. The Morgan fingerprint density at radius 3 is 2.75 bits per heavy atom. The Morgan fingerprint density at radius 1 is 1.25 bits per heavy atom. The average Bonchev–Trinajstić information content (AvgIpc) is 2.89. The third kappa shape index (κ3) is 3.88. The molecule has 0 spiro atoms. The molecule has 0 fully saturated rings. The van der Waals surface area contributed by atoms with E-state index in [9.17, 15) is 4.79 Å². The van der Waals surface area contributed by atoms with Crippen molar-refractivity contribution in [2.24, 2.45) is 0 Å². The molecule has 20 heavy (non-hydrogen) atoms. The minimum atomic E-state index is 0.00459. The number of amides is 1. The molecule has 1 aromatic heterocycles. The van der Waals surface area contributed by atoms with Crippen molar-refractivity contribution in [3.8, 4) is 5.75 Å². The molecule has 0 aliphatic rings. The maximum atomic E-state index is 11.8. The first-order chi connectivity index (χ1) is 9.69. The molecule has 0 saturated carbocycles. The van der Waals surface area contributed by atoms with Crippen molar-refractivity contribution in [3.05, 3.63) is 53.5 Å². The Hall–Kier alpha value is -2.23. The Morgan fingerprint density at radius 2 is 2.05 bits per heavy atom. The number of aryl methyl sites for hydroxylation is 2. The summed E-state index contributed by atoms with van der Waals surface area (Å²) in [4.78, 5) is 11.8. The van der Waals surface area contributed by atoms with Gasteiger partial charge in [0, 0.05) is 6.42 Å². The van der Waals surface area contributed by atoms with Crippen LogP contribution in [-0.2, 0) is 17.8 Å². The van der Waals surface area contributed by atoms with Gasteiger partial charge in [0.2, 0.25) is 5.91 Å². The average molecular weight is 273 g/mol. The molecule has 0 aliphatic carbocycles. The minimum absolute atomic E-state index is 0.00459. The summed E-state index contributed by atoms with van der Waals surface area (Å²) in [5, 5.41) is 2.85. The highest BCUT2D eigenvalue weighted by Crippen LogP contribution is 2.18. The van der Waals surface area contributed by atoms with Crippen molar-refractivity contribution < 1.29 is 13.9 Å². The van der Waals surface area contributed by atoms with Crippen molar-refractivity contribution in [3.63, 3.8) is 0 Å². The van der Waals surface area contributed by atoms with Crippen LogP contribution in [0.4, 0.5) is 0 Å². The summed E-state index contributed by atoms with van der Waals surface area (Å²) >= 11 is 0. The molecule has 4 heteroatoms. The van der Waals surface area contributed by atoms with Crippen LogP contribution in [-0.4, -0.2) is 13.0 Å². The van der Waals surface area contributed by atoms with Crippen molar-refractivity contribution in [1.29, 1.82) is 0 Å². The standard InChI is InChI=1S/C16H19NO3/c1-12-7-9-14(20-12)11-17-16(18)10-8-13-5-3-4-6-15(13)19-2/h3-7,9H,8,10-11H2,1-2H3,(H,17,18). The maximum Gasteiger partial charge on any atom is 0.220 e. The van der Waals surface area contributed by atoms with E-state index in [4.69, 9.17) is 9.15 Å². The van der Waals surface area contributed by atoms with Gasteiger partial charge in [0.05, 0.1) is 13.7 Å². The van der Waals surface area contributed by atoms with Crippen LogP contribution in [0.1, 0.15) is 23.5 Å². The first kappa shape index (κ1) is 14.2. The number of para-hydroxylation sites is 1. The zero-order chi connectivity index (χ0) is 14.4. The second-order valence-corrected chi connectivity index (χ2v) is 4.60.